The zero-order chi connectivity index (χ0) is 11.5. The van der Waals surface area contributed by atoms with E-state index in [0.29, 0.717) is 12.3 Å². The number of nitrogens with zero attached hydrogens (tertiary/aromatic N) is 1. The minimum Gasteiger partial charge on any atom is -0.364 e. The van der Waals surface area contributed by atoms with Gasteiger partial charge in [-0.25, -0.2) is 0 Å². The summed E-state index contributed by atoms with van der Waals surface area (Å²) >= 11 is 5.58. The first-order valence-corrected chi connectivity index (χ1v) is 5.47. The number of carbonyl (C=O) groups is 1. The molecule has 0 aliphatic heterocycles. The number of fused-ring (bicyclic) bond motifs is 1. The van der Waals surface area contributed by atoms with Gasteiger partial charge in [0.25, 0.3) is 0 Å². The Morgan fingerprint density at radius 2 is 2.19 bits per heavy atom. The molecule has 0 amide bonds. The molecule has 0 spiro atoms. The third-order valence-electron chi connectivity index (χ3n) is 2.48. The summed E-state index contributed by atoms with van der Waals surface area (Å²) in [7, 11) is 1.62. The summed E-state index contributed by atoms with van der Waals surface area (Å²) in [5, 5.41) is 0.921. The van der Waals surface area contributed by atoms with E-state index < -0.39 is 0 Å². The van der Waals surface area contributed by atoms with Crippen LogP contribution >= 0.6 is 11.6 Å². The topological polar surface area (TPSA) is 31.2 Å². The van der Waals surface area contributed by atoms with Crippen molar-refractivity contribution in [3.63, 3.8) is 0 Å². The Kier molecular flexibility index (Phi) is 3.27. The van der Waals surface area contributed by atoms with E-state index in [0.717, 1.165) is 10.9 Å². The molecule has 2 aromatic rings. The van der Waals surface area contributed by atoms with Crippen LogP contribution in [0.1, 0.15) is 10.4 Å². The van der Waals surface area contributed by atoms with Crippen molar-refractivity contribution in [2.24, 2.45) is 0 Å². The molecule has 0 aliphatic carbocycles. The molecule has 0 saturated heterocycles. The number of aromatic nitrogens is 1. The highest BCUT2D eigenvalue weighted by Crippen LogP contribution is 2.22. The van der Waals surface area contributed by atoms with Crippen LogP contribution in [-0.4, -0.2) is 23.3 Å². The van der Waals surface area contributed by atoms with Crippen LogP contribution in [0, 0.1) is 0 Å². The molecule has 4 heteroatoms. The summed E-state index contributed by atoms with van der Waals surface area (Å²) in [4.78, 5) is 11.7. The molecule has 0 unspecified atom stereocenters. The molecule has 0 bridgehead atoms. The van der Waals surface area contributed by atoms with Crippen LogP contribution in [0.15, 0.2) is 30.5 Å². The first-order valence-electron chi connectivity index (χ1n) is 4.94. The molecule has 0 radical (unpaired) electrons. The molecule has 0 N–H and O–H groups in total. The van der Waals surface area contributed by atoms with Crippen molar-refractivity contribution in [3.8, 4) is 0 Å². The number of ketones is 1. The van der Waals surface area contributed by atoms with Gasteiger partial charge in [-0.3, -0.25) is 4.79 Å². The normalized spacial score (nSPS) is 10.9. The average Bonchev–Trinajstić information content (AvgIpc) is 2.68. The van der Waals surface area contributed by atoms with E-state index in [9.17, 15) is 4.79 Å². The number of benzene rings is 1. The number of rotatable bonds is 4. The highest BCUT2D eigenvalue weighted by atomic mass is 35.5. The molecule has 84 valence electrons. The molecule has 0 atom stereocenters. The number of carbonyl (C=O) groups excluding carboxylic acids is 1. The smallest absolute Gasteiger partial charge is 0.179 e. The largest absolute Gasteiger partial charge is 0.364 e. The number of Topliss-reactive ketones (excluding diaryl/α,β-unsaturated/α-hetero) is 1. The van der Waals surface area contributed by atoms with Crippen molar-refractivity contribution in [2.75, 3.05) is 13.0 Å². The van der Waals surface area contributed by atoms with Crippen LogP contribution in [0.2, 0.25) is 0 Å². The van der Waals surface area contributed by atoms with E-state index in [1.165, 1.54) is 0 Å². The second-order valence-electron chi connectivity index (χ2n) is 3.50. The minimum absolute atomic E-state index is 0.000982. The van der Waals surface area contributed by atoms with Gasteiger partial charge in [-0.05, 0) is 6.07 Å². The predicted octanol–water partition coefficient (Wildman–Crippen LogP) is 2.67. The Hall–Kier alpha value is -1.32. The van der Waals surface area contributed by atoms with Crippen molar-refractivity contribution >= 4 is 28.3 Å². The standard InChI is InChI=1S/C12H12ClNO2/c1-16-8-14-7-10(12(15)6-13)9-4-2-3-5-11(9)14/h2-5,7H,6,8H2,1H3. The van der Waals surface area contributed by atoms with Gasteiger partial charge in [0.15, 0.2) is 5.78 Å². The van der Waals surface area contributed by atoms with Crippen molar-refractivity contribution in [1.29, 1.82) is 0 Å². The lowest BCUT2D eigenvalue weighted by molar-refractivity contribution is 0.102. The molecule has 0 aliphatic rings. The lowest BCUT2D eigenvalue weighted by Gasteiger charge is -2.01. The van der Waals surface area contributed by atoms with Gasteiger partial charge in [-0.2, -0.15) is 0 Å². The third kappa shape index (κ3) is 1.84. The van der Waals surface area contributed by atoms with Gasteiger partial charge in [-0.15, -0.1) is 11.6 Å². The molecule has 0 saturated carbocycles. The SMILES string of the molecule is COCn1cc(C(=O)CCl)c2ccccc21. The fourth-order valence-electron chi connectivity index (χ4n) is 1.79. The predicted molar refractivity (Wildman–Crippen MR) is 64.0 cm³/mol. The molecular weight excluding hydrogens is 226 g/mol. The summed E-state index contributed by atoms with van der Waals surface area (Å²) in [5.41, 5.74) is 1.64. The van der Waals surface area contributed by atoms with Crippen molar-refractivity contribution in [3.05, 3.63) is 36.0 Å². The second kappa shape index (κ2) is 4.68. The summed E-state index contributed by atoms with van der Waals surface area (Å²) in [6.07, 6.45) is 1.79. The zero-order valence-corrected chi connectivity index (χ0v) is 9.70. The van der Waals surface area contributed by atoms with Crippen molar-refractivity contribution in [2.45, 2.75) is 6.73 Å². The Morgan fingerprint density at radius 1 is 1.44 bits per heavy atom. The number of para-hydroxylation sites is 1. The summed E-state index contributed by atoms with van der Waals surface area (Å²) in [6.45, 7) is 0.427. The van der Waals surface area contributed by atoms with Crippen LogP contribution in [0.25, 0.3) is 10.9 Å². The highest BCUT2D eigenvalue weighted by molar-refractivity contribution is 6.32. The monoisotopic (exact) mass is 237 g/mol. The van der Waals surface area contributed by atoms with E-state index in [1.807, 2.05) is 28.8 Å². The van der Waals surface area contributed by atoms with Crippen LogP contribution in [0.4, 0.5) is 0 Å². The van der Waals surface area contributed by atoms with Gasteiger partial charge >= 0.3 is 0 Å². The summed E-state index contributed by atoms with van der Waals surface area (Å²) in [6, 6.07) is 7.72. The van der Waals surface area contributed by atoms with E-state index in [1.54, 1.807) is 13.3 Å². The van der Waals surface area contributed by atoms with E-state index >= 15 is 0 Å². The molecule has 16 heavy (non-hydrogen) atoms. The van der Waals surface area contributed by atoms with Gasteiger partial charge in [0, 0.05) is 24.3 Å². The van der Waals surface area contributed by atoms with E-state index in [2.05, 4.69) is 0 Å². The van der Waals surface area contributed by atoms with Crippen LogP contribution in [0.5, 0.6) is 0 Å². The van der Waals surface area contributed by atoms with E-state index in [4.69, 9.17) is 16.3 Å². The maximum absolute atomic E-state index is 11.7. The highest BCUT2D eigenvalue weighted by Gasteiger charge is 2.13. The van der Waals surface area contributed by atoms with Gasteiger partial charge < -0.3 is 9.30 Å². The number of ether oxygens (including phenoxy) is 1. The molecule has 1 heterocycles. The molecule has 1 aromatic carbocycles. The van der Waals surface area contributed by atoms with Crippen molar-refractivity contribution < 1.29 is 9.53 Å². The van der Waals surface area contributed by atoms with Gasteiger partial charge in [-0.1, -0.05) is 18.2 Å². The molecule has 1 aromatic heterocycles. The Morgan fingerprint density at radius 3 is 2.88 bits per heavy atom. The summed E-state index contributed by atoms with van der Waals surface area (Å²) in [5.74, 6) is -0.0613. The number of hydrogen-bond acceptors (Lipinski definition) is 2. The number of methoxy groups -OCH3 is 1. The van der Waals surface area contributed by atoms with Gasteiger partial charge in [0.2, 0.25) is 0 Å². The fraction of sp³-hybridized carbons (Fsp3) is 0.250. The lowest BCUT2D eigenvalue weighted by atomic mass is 10.1. The number of hydrogen-bond donors (Lipinski definition) is 0. The Labute approximate surface area is 98.6 Å². The molecule has 3 nitrogen and oxygen atoms in total. The van der Waals surface area contributed by atoms with Gasteiger partial charge in [0.1, 0.15) is 6.73 Å². The Bertz CT molecular complexity index is 519. The lowest BCUT2D eigenvalue weighted by Crippen LogP contribution is -2.00. The summed E-state index contributed by atoms with van der Waals surface area (Å²) < 4.78 is 6.98. The van der Waals surface area contributed by atoms with Gasteiger partial charge in [0.05, 0.1) is 11.4 Å². The molecular formula is C12H12ClNO2. The maximum Gasteiger partial charge on any atom is 0.179 e. The Balaban J connectivity index is 2.61. The minimum atomic E-state index is -0.0623. The first kappa shape index (κ1) is 11.2. The maximum atomic E-state index is 11.7. The number of halogens is 1. The first-order chi connectivity index (χ1) is 7.77. The van der Waals surface area contributed by atoms with E-state index in [-0.39, 0.29) is 11.7 Å². The average molecular weight is 238 g/mol. The number of alkyl halides is 1. The van der Waals surface area contributed by atoms with Crippen LogP contribution < -0.4 is 0 Å². The quantitative estimate of drug-likeness (QED) is 0.605. The van der Waals surface area contributed by atoms with Crippen molar-refractivity contribution in [1.82, 2.24) is 4.57 Å². The zero-order valence-electron chi connectivity index (χ0n) is 8.94. The van der Waals surface area contributed by atoms with Crippen LogP contribution in [0.3, 0.4) is 0 Å². The molecule has 2 rings (SSSR count). The third-order valence-corrected chi connectivity index (χ3v) is 2.72. The molecule has 0 fully saturated rings. The second-order valence-corrected chi connectivity index (χ2v) is 3.77. The van der Waals surface area contributed by atoms with Crippen LogP contribution in [-0.2, 0) is 11.5 Å². The fourth-order valence-corrected chi connectivity index (χ4v) is 1.93.